The van der Waals surface area contributed by atoms with Crippen LogP contribution < -0.4 is 10.1 Å². The summed E-state index contributed by atoms with van der Waals surface area (Å²) in [7, 11) is 3.71. The van der Waals surface area contributed by atoms with Crippen molar-refractivity contribution in [2.75, 3.05) is 14.2 Å². The van der Waals surface area contributed by atoms with Crippen LogP contribution in [-0.4, -0.2) is 14.2 Å². The Morgan fingerprint density at radius 1 is 1.22 bits per heavy atom. The molecule has 0 saturated carbocycles. The Labute approximate surface area is 113 Å². The van der Waals surface area contributed by atoms with Crippen molar-refractivity contribution in [2.45, 2.75) is 19.9 Å². The van der Waals surface area contributed by atoms with E-state index in [2.05, 4.69) is 48.8 Å². The van der Waals surface area contributed by atoms with Crippen molar-refractivity contribution in [3.05, 3.63) is 51.2 Å². The molecule has 0 radical (unpaired) electrons. The number of thiophene rings is 1. The number of nitrogens with one attached hydrogen (secondary N) is 1. The van der Waals surface area contributed by atoms with E-state index in [4.69, 9.17) is 4.74 Å². The van der Waals surface area contributed by atoms with E-state index in [-0.39, 0.29) is 6.04 Å². The van der Waals surface area contributed by atoms with Crippen LogP contribution in [0, 0.1) is 13.8 Å². The van der Waals surface area contributed by atoms with Gasteiger partial charge in [-0.3, -0.25) is 0 Å². The molecular weight excluding hydrogens is 242 g/mol. The summed E-state index contributed by atoms with van der Waals surface area (Å²) in [5.74, 6) is 0.943. The molecule has 0 aliphatic carbocycles. The Morgan fingerprint density at radius 2 is 2.00 bits per heavy atom. The zero-order valence-corrected chi connectivity index (χ0v) is 12.1. The lowest BCUT2D eigenvalue weighted by Gasteiger charge is -2.19. The van der Waals surface area contributed by atoms with Crippen molar-refractivity contribution in [3.8, 4) is 5.75 Å². The van der Waals surface area contributed by atoms with E-state index in [1.807, 2.05) is 7.05 Å². The van der Waals surface area contributed by atoms with Gasteiger partial charge in [0.1, 0.15) is 5.75 Å². The lowest BCUT2D eigenvalue weighted by Crippen LogP contribution is -2.17. The van der Waals surface area contributed by atoms with E-state index in [1.165, 1.54) is 21.6 Å². The van der Waals surface area contributed by atoms with Gasteiger partial charge in [0.25, 0.3) is 0 Å². The molecule has 0 saturated heterocycles. The molecule has 0 fully saturated rings. The minimum atomic E-state index is 0.186. The second-order valence-electron chi connectivity index (χ2n) is 4.46. The van der Waals surface area contributed by atoms with E-state index >= 15 is 0 Å². The molecule has 1 aromatic heterocycles. The summed E-state index contributed by atoms with van der Waals surface area (Å²) in [6.07, 6.45) is 0. The largest absolute Gasteiger partial charge is 0.496 e. The van der Waals surface area contributed by atoms with Crippen molar-refractivity contribution in [3.63, 3.8) is 0 Å². The third-order valence-electron chi connectivity index (χ3n) is 3.07. The monoisotopic (exact) mass is 261 g/mol. The molecule has 0 aliphatic rings. The van der Waals surface area contributed by atoms with Gasteiger partial charge in [-0.25, -0.2) is 0 Å². The van der Waals surface area contributed by atoms with Crippen LogP contribution in [0.4, 0.5) is 0 Å². The number of aryl methyl sites for hydroxylation is 2. The van der Waals surface area contributed by atoms with Gasteiger partial charge in [-0.05, 0) is 49.5 Å². The quantitative estimate of drug-likeness (QED) is 0.906. The molecule has 2 aromatic rings. The Kier molecular flexibility index (Phi) is 4.04. The molecule has 1 atom stereocenters. The summed E-state index contributed by atoms with van der Waals surface area (Å²) in [6, 6.07) is 8.76. The maximum atomic E-state index is 5.50. The number of benzene rings is 1. The minimum Gasteiger partial charge on any atom is -0.496 e. The molecule has 1 N–H and O–H groups in total. The molecule has 18 heavy (non-hydrogen) atoms. The van der Waals surface area contributed by atoms with Crippen LogP contribution >= 0.6 is 11.3 Å². The average Bonchev–Trinajstić information content (AvgIpc) is 2.78. The summed E-state index contributed by atoms with van der Waals surface area (Å²) in [4.78, 5) is 1.33. The fourth-order valence-corrected chi connectivity index (χ4v) is 2.90. The Hall–Kier alpha value is -1.32. The SMILES string of the molecule is CNC(c1csc(C)c1)c1ccc(C)cc1OC. The third kappa shape index (κ3) is 2.57. The molecule has 0 spiro atoms. The van der Waals surface area contributed by atoms with Crippen molar-refractivity contribution in [2.24, 2.45) is 0 Å². The predicted molar refractivity (Wildman–Crippen MR) is 77.7 cm³/mol. The maximum Gasteiger partial charge on any atom is 0.124 e. The summed E-state index contributed by atoms with van der Waals surface area (Å²) in [5.41, 5.74) is 3.69. The molecule has 0 amide bonds. The van der Waals surface area contributed by atoms with Gasteiger partial charge in [-0.15, -0.1) is 11.3 Å². The van der Waals surface area contributed by atoms with Crippen molar-refractivity contribution < 1.29 is 4.74 Å². The van der Waals surface area contributed by atoms with Crippen LogP contribution in [0.1, 0.15) is 27.6 Å². The number of methoxy groups -OCH3 is 1. The Balaban J connectivity index is 2.44. The summed E-state index contributed by atoms with van der Waals surface area (Å²) >= 11 is 1.78. The molecule has 3 heteroatoms. The maximum absolute atomic E-state index is 5.50. The van der Waals surface area contributed by atoms with Gasteiger partial charge in [-0.2, -0.15) is 0 Å². The minimum absolute atomic E-state index is 0.186. The third-order valence-corrected chi connectivity index (χ3v) is 3.95. The number of rotatable bonds is 4. The van der Waals surface area contributed by atoms with Gasteiger partial charge in [0.2, 0.25) is 0 Å². The molecular formula is C15H19NOS. The summed E-state index contributed by atoms with van der Waals surface area (Å²) < 4.78 is 5.50. The van der Waals surface area contributed by atoms with Crippen LogP contribution in [-0.2, 0) is 0 Å². The van der Waals surface area contributed by atoms with Crippen LogP contribution in [0.2, 0.25) is 0 Å². The standard InChI is InChI=1S/C15H19NOS/c1-10-5-6-13(14(7-10)17-4)15(16-3)12-8-11(2)18-9-12/h5-9,15-16H,1-4H3. The second kappa shape index (κ2) is 5.55. The van der Waals surface area contributed by atoms with E-state index in [1.54, 1.807) is 18.4 Å². The molecule has 0 aliphatic heterocycles. The first kappa shape index (κ1) is 13.1. The molecule has 1 aromatic carbocycles. The zero-order valence-electron chi connectivity index (χ0n) is 11.3. The van der Waals surface area contributed by atoms with Gasteiger partial charge in [0.05, 0.1) is 13.2 Å². The predicted octanol–water partition coefficient (Wildman–Crippen LogP) is 3.68. The van der Waals surface area contributed by atoms with Crippen molar-refractivity contribution in [1.82, 2.24) is 5.32 Å². The number of hydrogen-bond acceptors (Lipinski definition) is 3. The van der Waals surface area contributed by atoms with Gasteiger partial charge >= 0.3 is 0 Å². The van der Waals surface area contributed by atoms with Crippen molar-refractivity contribution >= 4 is 11.3 Å². The molecule has 96 valence electrons. The van der Waals surface area contributed by atoms with Crippen LogP contribution in [0.25, 0.3) is 0 Å². The molecule has 1 unspecified atom stereocenters. The lowest BCUT2D eigenvalue weighted by atomic mass is 9.99. The van der Waals surface area contributed by atoms with Gasteiger partial charge in [-0.1, -0.05) is 12.1 Å². The van der Waals surface area contributed by atoms with E-state index in [9.17, 15) is 0 Å². The summed E-state index contributed by atoms with van der Waals surface area (Å²) in [6.45, 7) is 4.21. The highest BCUT2D eigenvalue weighted by atomic mass is 32.1. The first-order chi connectivity index (χ1) is 8.65. The lowest BCUT2D eigenvalue weighted by molar-refractivity contribution is 0.405. The van der Waals surface area contributed by atoms with Crippen molar-refractivity contribution in [1.29, 1.82) is 0 Å². The first-order valence-electron chi connectivity index (χ1n) is 6.02. The van der Waals surface area contributed by atoms with E-state index in [0.717, 1.165) is 5.75 Å². The van der Waals surface area contributed by atoms with Crippen LogP contribution in [0.3, 0.4) is 0 Å². The average molecular weight is 261 g/mol. The van der Waals surface area contributed by atoms with Gasteiger partial charge < -0.3 is 10.1 Å². The van der Waals surface area contributed by atoms with Crippen LogP contribution in [0.5, 0.6) is 5.75 Å². The molecule has 2 rings (SSSR count). The number of hydrogen-bond donors (Lipinski definition) is 1. The second-order valence-corrected chi connectivity index (χ2v) is 5.57. The Bertz CT molecular complexity index is 533. The van der Waals surface area contributed by atoms with Gasteiger partial charge in [0, 0.05) is 10.4 Å². The highest BCUT2D eigenvalue weighted by molar-refractivity contribution is 7.10. The summed E-state index contributed by atoms with van der Waals surface area (Å²) in [5, 5.41) is 5.57. The highest BCUT2D eigenvalue weighted by Crippen LogP contribution is 2.32. The molecule has 2 nitrogen and oxygen atoms in total. The Morgan fingerprint density at radius 3 is 2.56 bits per heavy atom. The van der Waals surface area contributed by atoms with E-state index in [0.29, 0.717) is 0 Å². The normalized spacial score (nSPS) is 12.4. The van der Waals surface area contributed by atoms with Gasteiger partial charge in [0.15, 0.2) is 0 Å². The smallest absolute Gasteiger partial charge is 0.124 e. The first-order valence-corrected chi connectivity index (χ1v) is 6.90. The fraction of sp³-hybridized carbons (Fsp3) is 0.333. The van der Waals surface area contributed by atoms with E-state index < -0.39 is 0 Å². The fourth-order valence-electron chi connectivity index (χ4n) is 2.17. The highest BCUT2D eigenvalue weighted by Gasteiger charge is 2.17. The molecule has 0 bridgehead atoms. The topological polar surface area (TPSA) is 21.3 Å². The zero-order chi connectivity index (χ0) is 13.1. The number of ether oxygens (including phenoxy) is 1. The van der Waals surface area contributed by atoms with Crippen LogP contribution in [0.15, 0.2) is 29.6 Å². The molecule has 1 heterocycles.